The predicted molar refractivity (Wildman–Crippen MR) is 88.8 cm³/mol. The Bertz CT molecular complexity index is 586. The minimum absolute atomic E-state index is 0.0977. The molecule has 1 aliphatic rings. The van der Waals surface area contributed by atoms with Gasteiger partial charge in [-0.25, -0.2) is 4.39 Å². The molecule has 0 atom stereocenters. The van der Waals surface area contributed by atoms with Gasteiger partial charge in [0, 0.05) is 18.0 Å². The first-order valence-electron chi connectivity index (χ1n) is 7.95. The lowest BCUT2D eigenvalue weighted by molar-refractivity contribution is -0.124. The van der Waals surface area contributed by atoms with Crippen LogP contribution in [0.5, 0.6) is 0 Å². The first-order valence-corrected chi connectivity index (χ1v) is 7.95. The van der Waals surface area contributed by atoms with Crippen molar-refractivity contribution in [2.75, 3.05) is 0 Å². The number of halogens is 1. The van der Waals surface area contributed by atoms with Crippen molar-refractivity contribution in [3.8, 4) is 0 Å². The predicted octanol–water partition coefficient (Wildman–Crippen LogP) is 2.40. The third kappa shape index (κ3) is 3.75. The van der Waals surface area contributed by atoms with Crippen LogP contribution in [-0.4, -0.2) is 24.2 Å². The Morgan fingerprint density at radius 1 is 1.22 bits per heavy atom. The largest absolute Gasteiger partial charge is 0.494 e. The lowest BCUT2D eigenvalue weighted by atomic mass is 9.78. The van der Waals surface area contributed by atoms with Gasteiger partial charge in [0.2, 0.25) is 5.91 Å². The molecule has 0 unspecified atom stereocenters. The van der Waals surface area contributed by atoms with Crippen LogP contribution in [0, 0.1) is 11.7 Å². The highest BCUT2D eigenvalue weighted by molar-refractivity contribution is 6.62. The molecule has 1 amide bonds. The van der Waals surface area contributed by atoms with Crippen molar-refractivity contribution in [1.29, 1.82) is 0 Å². The number of hydrogen-bond donors (Lipinski definition) is 1. The second-order valence-corrected chi connectivity index (χ2v) is 7.31. The summed E-state index contributed by atoms with van der Waals surface area (Å²) >= 11 is 0. The van der Waals surface area contributed by atoms with E-state index >= 15 is 0 Å². The lowest BCUT2D eigenvalue weighted by Gasteiger charge is -2.32. The molecule has 1 aliphatic heterocycles. The second-order valence-electron chi connectivity index (χ2n) is 7.31. The Morgan fingerprint density at radius 2 is 1.78 bits per heavy atom. The summed E-state index contributed by atoms with van der Waals surface area (Å²) in [6.45, 7) is 11.6. The molecule has 2 rings (SSSR count). The third-order valence-electron chi connectivity index (χ3n) is 4.58. The molecule has 0 radical (unpaired) electrons. The quantitative estimate of drug-likeness (QED) is 0.866. The van der Waals surface area contributed by atoms with E-state index in [2.05, 4.69) is 5.32 Å². The minimum atomic E-state index is -0.589. The Kier molecular flexibility index (Phi) is 4.88. The van der Waals surface area contributed by atoms with E-state index in [1.807, 2.05) is 27.7 Å². The molecule has 23 heavy (non-hydrogen) atoms. The van der Waals surface area contributed by atoms with Gasteiger partial charge in [-0.2, -0.15) is 0 Å². The van der Waals surface area contributed by atoms with Crippen LogP contribution in [0.25, 0.3) is 0 Å². The zero-order valence-electron chi connectivity index (χ0n) is 14.7. The Morgan fingerprint density at radius 3 is 2.26 bits per heavy atom. The van der Waals surface area contributed by atoms with Crippen LogP contribution >= 0.6 is 0 Å². The fourth-order valence-corrected chi connectivity index (χ4v) is 2.22. The average molecular weight is 321 g/mol. The van der Waals surface area contributed by atoms with Crippen LogP contribution in [0.3, 0.4) is 0 Å². The van der Waals surface area contributed by atoms with Gasteiger partial charge in [0.25, 0.3) is 0 Å². The summed E-state index contributed by atoms with van der Waals surface area (Å²) in [6.07, 6.45) is 0. The van der Waals surface area contributed by atoms with Gasteiger partial charge in [-0.15, -0.1) is 0 Å². The minimum Gasteiger partial charge on any atom is -0.399 e. The van der Waals surface area contributed by atoms with Crippen LogP contribution in [0.2, 0.25) is 0 Å². The van der Waals surface area contributed by atoms with Crippen molar-refractivity contribution in [1.82, 2.24) is 5.32 Å². The number of rotatable bonds is 4. The fourth-order valence-electron chi connectivity index (χ4n) is 2.22. The van der Waals surface area contributed by atoms with Crippen LogP contribution in [0.15, 0.2) is 18.2 Å². The summed E-state index contributed by atoms with van der Waals surface area (Å²) in [7, 11) is -0.589. The first-order chi connectivity index (χ1) is 10.5. The van der Waals surface area contributed by atoms with E-state index in [0.29, 0.717) is 11.0 Å². The molecule has 0 aromatic heterocycles. The van der Waals surface area contributed by atoms with Crippen molar-refractivity contribution >= 4 is 18.5 Å². The first kappa shape index (κ1) is 18.0. The normalized spacial score (nSPS) is 19.2. The molecule has 1 saturated heterocycles. The standard InChI is InChI=1S/C17H25BFNO3/c1-11(2)15(21)20-10-12-7-8-13(9-14(12)19)18-22-16(3,4)17(5,6)23-18/h7-9,11H,10H2,1-6H3,(H,20,21). The van der Waals surface area contributed by atoms with Crippen molar-refractivity contribution in [2.24, 2.45) is 5.92 Å². The molecule has 1 aromatic carbocycles. The second kappa shape index (κ2) is 6.25. The maximum Gasteiger partial charge on any atom is 0.494 e. The van der Waals surface area contributed by atoms with Gasteiger partial charge in [-0.1, -0.05) is 26.0 Å². The number of carbonyl (C=O) groups is 1. The van der Waals surface area contributed by atoms with Crippen LogP contribution in [0.1, 0.15) is 47.1 Å². The number of benzene rings is 1. The van der Waals surface area contributed by atoms with E-state index in [9.17, 15) is 9.18 Å². The van der Waals surface area contributed by atoms with Crippen molar-refractivity contribution in [3.63, 3.8) is 0 Å². The van der Waals surface area contributed by atoms with Crippen molar-refractivity contribution in [2.45, 2.75) is 59.3 Å². The summed E-state index contributed by atoms with van der Waals surface area (Å²) in [5, 5.41) is 2.71. The summed E-state index contributed by atoms with van der Waals surface area (Å²) < 4.78 is 26.1. The van der Waals surface area contributed by atoms with E-state index in [4.69, 9.17) is 9.31 Å². The van der Waals surface area contributed by atoms with Crippen molar-refractivity contribution in [3.05, 3.63) is 29.6 Å². The summed E-state index contributed by atoms with van der Waals surface area (Å²) in [5.74, 6) is -0.595. The maximum absolute atomic E-state index is 14.3. The molecular weight excluding hydrogens is 296 g/mol. The SMILES string of the molecule is CC(C)C(=O)NCc1ccc(B2OC(C)(C)C(C)(C)O2)cc1F. The summed E-state index contributed by atoms with van der Waals surface area (Å²) in [5.41, 5.74) is 0.162. The third-order valence-corrected chi connectivity index (χ3v) is 4.58. The number of carbonyl (C=O) groups excluding carboxylic acids is 1. The van der Waals surface area contributed by atoms with Gasteiger partial charge in [-0.3, -0.25) is 4.79 Å². The van der Waals surface area contributed by atoms with E-state index < -0.39 is 18.3 Å². The highest BCUT2D eigenvalue weighted by Crippen LogP contribution is 2.36. The van der Waals surface area contributed by atoms with E-state index in [1.54, 1.807) is 26.0 Å². The highest BCUT2D eigenvalue weighted by atomic mass is 19.1. The maximum atomic E-state index is 14.3. The Hall–Kier alpha value is -1.40. The summed E-state index contributed by atoms with van der Waals surface area (Å²) in [6, 6.07) is 4.86. The molecule has 1 N–H and O–H groups in total. The highest BCUT2D eigenvalue weighted by Gasteiger charge is 2.51. The molecule has 4 nitrogen and oxygen atoms in total. The smallest absolute Gasteiger partial charge is 0.399 e. The topological polar surface area (TPSA) is 47.6 Å². The summed E-state index contributed by atoms with van der Waals surface area (Å²) in [4.78, 5) is 11.6. The van der Waals surface area contributed by atoms with Gasteiger partial charge in [0.15, 0.2) is 0 Å². The average Bonchev–Trinajstić information content (AvgIpc) is 2.65. The zero-order chi connectivity index (χ0) is 17.4. The molecular formula is C17H25BFNO3. The van der Waals surface area contributed by atoms with Gasteiger partial charge in [0.1, 0.15) is 5.82 Å². The number of amides is 1. The van der Waals surface area contributed by atoms with Gasteiger partial charge in [0.05, 0.1) is 11.2 Å². The molecule has 126 valence electrons. The van der Waals surface area contributed by atoms with Crippen LogP contribution < -0.4 is 10.8 Å². The molecule has 0 saturated carbocycles. The van der Waals surface area contributed by atoms with E-state index in [-0.39, 0.29) is 24.2 Å². The van der Waals surface area contributed by atoms with Crippen LogP contribution in [0.4, 0.5) is 4.39 Å². The molecule has 1 fully saturated rings. The number of hydrogen-bond acceptors (Lipinski definition) is 3. The zero-order valence-corrected chi connectivity index (χ0v) is 14.7. The molecule has 6 heteroatoms. The van der Waals surface area contributed by atoms with E-state index in [1.165, 1.54) is 6.07 Å². The lowest BCUT2D eigenvalue weighted by Crippen LogP contribution is -2.41. The molecule has 1 heterocycles. The van der Waals surface area contributed by atoms with Gasteiger partial charge < -0.3 is 14.6 Å². The van der Waals surface area contributed by atoms with Gasteiger partial charge in [-0.05, 0) is 39.2 Å². The monoisotopic (exact) mass is 321 g/mol. The fraction of sp³-hybridized carbons (Fsp3) is 0.588. The molecule has 0 spiro atoms. The van der Waals surface area contributed by atoms with Gasteiger partial charge >= 0.3 is 7.12 Å². The van der Waals surface area contributed by atoms with Crippen LogP contribution in [-0.2, 0) is 20.6 Å². The van der Waals surface area contributed by atoms with Crippen molar-refractivity contribution < 1.29 is 18.5 Å². The Labute approximate surface area is 137 Å². The number of nitrogens with one attached hydrogen (secondary N) is 1. The van der Waals surface area contributed by atoms with E-state index in [0.717, 1.165) is 0 Å². The molecule has 0 aliphatic carbocycles. The Balaban J connectivity index is 2.10. The molecule has 1 aromatic rings. The molecule has 0 bridgehead atoms.